The summed E-state index contributed by atoms with van der Waals surface area (Å²) in [6.07, 6.45) is 1.64. The topological polar surface area (TPSA) is 46.2 Å². The zero-order chi connectivity index (χ0) is 11.2. The van der Waals surface area contributed by atoms with Crippen LogP contribution in [-0.2, 0) is 0 Å². The van der Waals surface area contributed by atoms with Gasteiger partial charge in [0.25, 0.3) is 0 Å². The van der Waals surface area contributed by atoms with E-state index in [9.17, 15) is 18.3 Å². The van der Waals surface area contributed by atoms with Gasteiger partial charge < -0.3 is 10.8 Å². The van der Waals surface area contributed by atoms with Crippen molar-refractivity contribution in [1.29, 1.82) is 0 Å². The van der Waals surface area contributed by atoms with Gasteiger partial charge in [-0.1, -0.05) is 0 Å². The molecule has 1 atom stereocenters. The molecule has 1 fully saturated rings. The minimum absolute atomic E-state index is 0.0512. The van der Waals surface area contributed by atoms with E-state index in [-0.39, 0.29) is 11.5 Å². The van der Waals surface area contributed by atoms with Crippen molar-refractivity contribution in [2.75, 3.05) is 0 Å². The highest BCUT2D eigenvalue weighted by atomic mass is 19.2. The van der Waals surface area contributed by atoms with Crippen molar-refractivity contribution in [3.05, 3.63) is 29.1 Å². The van der Waals surface area contributed by atoms with Gasteiger partial charge >= 0.3 is 0 Å². The predicted molar refractivity (Wildman–Crippen MR) is 47.6 cm³/mol. The van der Waals surface area contributed by atoms with Crippen molar-refractivity contribution in [2.24, 2.45) is 11.7 Å². The van der Waals surface area contributed by atoms with Gasteiger partial charge in [-0.15, -0.1) is 0 Å². The predicted octanol–water partition coefficient (Wildman–Crippen LogP) is 2.22. The van der Waals surface area contributed by atoms with Gasteiger partial charge in [-0.2, -0.15) is 0 Å². The van der Waals surface area contributed by atoms with Gasteiger partial charge in [-0.25, -0.2) is 13.2 Å². The molecular formula is C10H10F3NO. The summed E-state index contributed by atoms with van der Waals surface area (Å²) in [4.78, 5) is 0. The van der Waals surface area contributed by atoms with Crippen molar-refractivity contribution < 1.29 is 18.3 Å². The Kier molecular flexibility index (Phi) is 2.34. The average molecular weight is 217 g/mol. The van der Waals surface area contributed by atoms with Crippen molar-refractivity contribution in [3.63, 3.8) is 0 Å². The highest BCUT2D eigenvalue weighted by Gasteiger charge is 2.34. The number of aromatic hydroxyl groups is 1. The van der Waals surface area contributed by atoms with E-state index in [1.165, 1.54) is 0 Å². The molecule has 0 radical (unpaired) electrons. The average Bonchev–Trinajstić information content (AvgIpc) is 2.97. The largest absolute Gasteiger partial charge is 0.507 e. The second-order valence-electron chi connectivity index (χ2n) is 3.78. The second-order valence-corrected chi connectivity index (χ2v) is 3.78. The number of benzene rings is 1. The van der Waals surface area contributed by atoms with Crippen LogP contribution in [0.3, 0.4) is 0 Å². The molecule has 0 unspecified atom stereocenters. The van der Waals surface area contributed by atoms with Crippen molar-refractivity contribution in [1.82, 2.24) is 0 Å². The number of nitrogens with two attached hydrogens (primary N) is 1. The van der Waals surface area contributed by atoms with Gasteiger partial charge in [-0.05, 0) is 18.8 Å². The third kappa shape index (κ3) is 1.67. The molecule has 5 heteroatoms. The molecule has 1 aromatic carbocycles. The molecule has 0 aromatic heterocycles. The summed E-state index contributed by atoms with van der Waals surface area (Å²) in [5.41, 5.74) is 5.31. The van der Waals surface area contributed by atoms with E-state index in [0.717, 1.165) is 12.8 Å². The van der Waals surface area contributed by atoms with Crippen LogP contribution >= 0.6 is 0 Å². The maximum Gasteiger partial charge on any atom is 0.195 e. The van der Waals surface area contributed by atoms with Crippen LogP contribution in [0.5, 0.6) is 5.75 Å². The monoisotopic (exact) mass is 217 g/mol. The Labute approximate surface area is 84.5 Å². The van der Waals surface area contributed by atoms with Crippen LogP contribution in [0.1, 0.15) is 24.4 Å². The first-order chi connectivity index (χ1) is 7.02. The van der Waals surface area contributed by atoms with Gasteiger partial charge in [0.2, 0.25) is 0 Å². The van der Waals surface area contributed by atoms with E-state index in [2.05, 4.69) is 0 Å². The van der Waals surface area contributed by atoms with Crippen LogP contribution in [0.2, 0.25) is 0 Å². The van der Waals surface area contributed by atoms with Crippen molar-refractivity contribution >= 4 is 0 Å². The Morgan fingerprint density at radius 3 is 2.40 bits per heavy atom. The summed E-state index contributed by atoms with van der Waals surface area (Å²) in [6.45, 7) is 0. The van der Waals surface area contributed by atoms with E-state index in [4.69, 9.17) is 5.73 Å². The first-order valence-electron chi connectivity index (χ1n) is 4.64. The number of halogens is 3. The molecule has 1 aromatic rings. The Balaban J connectivity index is 2.49. The van der Waals surface area contributed by atoms with E-state index in [1.54, 1.807) is 0 Å². The van der Waals surface area contributed by atoms with Crippen LogP contribution < -0.4 is 5.73 Å². The Morgan fingerprint density at radius 2 is 1.87 bits per heavy atom. The van der Waals surface area contributed by atoms with Crippen LogP contribution in [0.4, 0.5) is 13.2 Å². The zero-order valence-electron chi connectivity index (χ0n) is 7.80. The Bertz CT molecular complexity index is 404. The lowest BCUT2D eigenvalue weighted by Crippen LogP contribution is -2.15. The number of phenolic OH excluding ortho intramolecular Hbond substituents is 1. The van der Waals surface area contributed by atoms with Gasteiger partial charge in [0.1, 0.15) is 5.75 Å². The Hall–Kier alpha value is -1.23. The summed E-state index contributed by atoms with van der Waals surface area (Å²) >= 11 is 0. The normalized spacial score (nSPS) is 17.9. The second kappa shape index (κ2) is 3.41. The lowest BCUT2D eigenvalue weighted by molar-refractivity contribution is 0.396. The quantitative estimate of drug-likeness (QED) is 0.746. The van der Waals surface area contributed by atoms with E-state index < -0.39 is 29.2 Å². The molecule has 0 aliphatic heterocycles. The molecule has 2 nitrogen and oxygen atoms in total. The van der Waals surface area contributed by atoms with E-state index in [0.29, 0.717) is 6.07 Å². The summed E-state index contributed by atoms with van der Waals surface area (Å²) in [5.74, 6) is -4.94. The third-order valence-electron chi connectivity index (χ3n) is 2.64. The maximum absolute atomic E-state index is 13.3. The lowest BCUT2D eigenvalue weighted by atomic mass is 10.0. The molecule has 0 saturated heterocycles. The fraction of sp³-hybridized carbons (Fsp3) is 0.400. The van der Waals surface area contributed by atoms with Crippen LogP contribution in [0.25, 0.3) is 0 Å². The summed E-state index contributed by atoms with van der Waals surface area (Å²) in [6, 6.07) is -0.212. The van der Waals surface area contributed by atoms with Gasteiger partial charge in [0.15, 0.2) is 17.5 Å². The molecule has 1 saturated carbocycles. The van der Waals surface area contributed by atoms with Gasteiger partial charge in [-0.3, -0.25) is 0 Å². The minimum Gasteiger partial charge on any atom is -0.507 e. The fourth-order valence-electron chi connectivity index (χ4n) is 1.60. The summed E-state index contributed by atoms with van der Waals surface area (Å²) in [5, 5.41) is 9.32. The SMILES string of the molecule is N[C@H](c1c(O)cc(F)c(F)c1F)C1CC1. The minimum atomic E-state index is -1.58. The third-order valence-corrected chi connectivity index (χ3v) is 2.64. The summed E-state index contributed by atoms with van der Waals surface area (Å²) in [7, 11) is 0. The smallest absolute Gasteiger partial charge is 0.195 e. The van der Waals surface area contributed by atoms with E-state index in [1.807, 2.05) is 0 Å². The lowest BCUT2D eigenvalue weighted by Gasteiger charge is -2.14. The molecule has 0 heterocycles. The van der Waals surface area contributed by atoms with Gasteiger partial charge in [0, 0.05) is 17.7 Å². The molecule has 0 amide bonds. The molecule has 1 aliphatic rings. The number of hydrogen-bond donors (Lipinski definition) is 2. The molecule has 1 aliphatic carbocycles. The zero-order valence-corrected chi connectivity index (χ0v) is 7.80. The van der Waals surface area contributed by atoms with Crippen molar-refractivity contribution in [3.8, 4) is 5.75 Å². The van der Waals surface area contributed by atoms with Crippen LogP contribution in [0.15, 0.2) is 6.07 Å². The highest BCUT2D eigenvalue weighted by molar-refractivity contribution is 5.38. The molecule has 15 heavy (non-hydrogen) atoms. The molecular weight excluding hydrogens is 207 g/mol. The van der Waals surface area contributed by atoms with Gasteiger partial charge in [0.05, 0.1) is 0 Å². The number of hydrogen-bond acceptors (Lipinski definition) is 2. The maximum atomic E-state index is 13.3. The molecule has 0 spiro atoms. The fourth-order valence-corrected chi connectivity index (χ4v) is 1.60. The van der Waals surface area contributed by atoms with Crippen LogP contribution in [0, 0.1) is 23.4 Å². The number of phenols is 1. The van der Waals surface area contributed by atoms with E-state index >= 15 is 0 Å². The van der Waals surface area contributed by atoms with Crippen LogP contribution in [-0.4, -0.2) is 5.11 Å². The molecule has 2 rings (SSSR count). The number of rotatable bonds is 2. The molecule has 3 N–H and O–H groups in total. The Morgan fingerprint density at radius 1 is 1.27 bits per heavy atom. The molecule has 0 bridgehead atoms. The molecule has 82 valence electrons. The van der Waals surface area contributed by atoms with Crippen molar-refractivity contribution in [2.45, 2.75) is 18.9 Å². The highest BCUT2D eigenvalue weighted by Crippen LogP contribution is 2.43. The summed E-state index contributed by atoms with van der Waals surface area (Å²) < 4.78 is 38.9. The standard InChI is InChI=1S/C10H10F3NO/c11-5-3-6(15)7(9(13)8(5)12)10(14)4-1-2-4/h3-4,10,15H,1-2,14H2/t10-/m0/s1. The first kappa shape index (κ1) is 10.3. The first-order valence-corrected chi connectivity index (χ1v) is 4.64.